The van der Waals surface area contributed by atoms with Gasteiger partial charge in [0.05, 0.1) is 4.47 Å². The second-order valence-corrected chi connectivity index (χ2v) is 9.58. The summed E-state index contributed by atoms with van der Waals surface area (Å²) in [7, 11) is 3.24. The Morgan fingerprint density at radius 3 is 1.68 bits per heavy atom. The molecule has 0 heterocycles. The molecule has 5 aromatic rings. The number of methoxy groups -OCH3 is 2. The van der Waals surface area contributed by atoms with Gasteiger partial charge in [0.15, 0.2) is 13.6 Å². The van der Waals surface area contributed by atoms with Crippen molar-refractivity contribution in [1.29, 1.82) is 0 Å². The summed E-state index contributed by atoms with van der Waals surface area (Å²) in [5.74, 6) is 1.65. The minimum absolute atomic E-state index is 0.235. The van der Waals surface area contributed by atoms with E-state index in [0.717, 1.165) is 21.5 Å². The standard InChI is InChI=1S/C23H20O2.C9H11BrO2/c1-16-11-12-22(25-15-24-2)21(13-16)23-19-9-5-3-7-17(19)14-18-8-4-6-10-20(18)23;1-7-3-4-9(8(10)5-7)12-6-11-2/h3-14H,15H2,1-2H3;3-5H,6H2,1-2H3. The Kier molecular flexibility index (Phi) is 9.18. The normalized spacial score (nSPS) is 10.7. The summed E-state index contributed by atoms with van der Waals surface area (Å²) in [5, 5.41) is 4.92. The van der Waals surface area contributed by atoms with Crippen LogP contribution >= 0.6 is 15.9 Å². The molecule has 0 aliphatic rings. The fourth-order valence-corrected chi connectivity index (χ4v) is 4.84. The average Bonchev–Trinajstić information content (AvgIpc) is 2.91. The third-order valence-corrected chi connectivity index (χ3v) is 6.55. The first kappa shape index (κ1) is 26.7. The molecule has 0 saturated heterocycles. The largest absolute Gasteiger partial charge is 0.467 e. The Morgan fingerprint density at radius 1 is 0.595 bits per heavy atom. The van der Waals surface area contributed by atoms with E-state index in [1.165, 1.54) is 38.2 Å². The average molecular weight is 560 g/mol. The highest BCUT2D eigenvalue weighted by atomic mass is 79.9. The molecule has 0 saturated carbocycles. The van der Waals surface area contributed by atoms with Gasteiger partial charge in [0.2, 0.25) is 0 Å². The van der Waals surface area contributed by atoms with Crippen molar-refractivity contribution in [3.63, 3.8) is 0 Å². The zero-order chi connectivity index (χ0) is 26.2. The van der Waals surface area contributed by atoms with Gasteiger partial charge in [-0.2, -0.15) is 0 Å². The smallest absolute Gasteiger partial charge is 0.188 e. The number of halogens is 1. The molecule has 5 rings (SSSR count). The van der Waals surface area contributed by atoms with Gasteiger partial charge in [-0.15, -0.1) is 0 Å². The quantitative estimate of drug-likeness (QED) is 0.148. The first-order valence-electron chi connectivity index (χ1n) is 12.0. The first-order chi connectivity index (χ1) is 18.0. The predicted molar refractivity (Wildman–Crippen MR) is 156 cm³/mol. The summed E-state index contributed by atoms with van der Waals surface area (Å²) in [5.41, 5.74) is 4.72. The summed E-state index contributed by atoms with van der Waals surface area (Å²) in [6, 6.07) is 31.5. The lowest BCUT2D eigenvalue weighted by Gasteiger charge is -2.16. The maximum atomic E-state index is 5.87. The minimum atomic E-state index is 0.235. The molecule has 190 valence electrons. The Labute approximate surface area is 226 Å². The van der Waals surface area contributed by atoms with Crippen LogP contribution in [0.25, 0.3) is 32.7 Å². The molecule has 0 unspecified atom stereocenters. The van der Waals surface area contributed by atoms with E-state index in [1.807, 2.05) is 31.2 Å². The lowest BCUT2D eigenvalue weighted by Crippen LogP contribution is -2.01. The number of hydrogen-bond acceptors (Lipinski definition) is 4. The Bertz CT molecular complexity index is 1440. The molecule has 0 fully saturated rings. The number of rotatable bonds is 7. The van der Waals surface area contributed by atoms with Crippen LogP contribution in [-0.2, 0) is 9.47 Å². The van der Waals surface area contributed by atoms with Crippen molar-refractivity contribution in [1.82, 2.24) is 0 Å². The fraction of sp³-hybridized carbons (Fsp3) is 0.188. The van der Waals surface area contributed by atoms with Crippen LogP contribution in [0.15, 0.2) is 95.5 Å². The summed E-state index contributed by atoms with van der Waals surface area (Å²) < 4.78 is 22.0. The molecule has 0 N–H and O–H groups in total. The van der Waals surface area contributed by atoms with Crippen LogP contribution in [-0.4, -0.2) is 27.8 Å². The van der Waals surface area contributed by atoms with E-state index in [1.54, 1.807) is 14.2 Å². The van der Waals surface area contributed by atoms with Gasteiger partial charge in [-0.1, -0.05) is 66.2 Å². The zero-order valence-corrected chi connectivity index (χ0v) is 23.2. The second-order valence-electron chi connectivity index (χ2n) is 8.73. The van der Waals surface area contributed by atoms with Gasteiger partial charge in [0, 0.05) is 25.3 Å². The van der Waals surface area contributed by atoms with Gasteiger partial charge in [-0.05, 0) is 87.2 Å². The van der Waals surface area contributed by atoms with Crippen molar-refractivity contribution in [2.75, 3.05) is 27.8 Å². The predicted octanol–water partition coefficient (Wildman–Crippen LogP) is 8.69. The molecular formula is C32H31BrO4. The molecule has 0 radical (unpaired) electrons. The molecule has 5 heteroatoms. The van der Waals surface area contributed by atoms with Crippen molar-refractivity contribution in [2.24, 2.45) is 0 Å². The number of aryl methyl sites for hydroxylation is 2. The van der Waals surface area contributed by atoms with E-state index in [0.29, 0.717) is 0 Å². The Hall–Kier alpha value is -3.38. The molecular weight excluding hydrogens is 528 g/mol. The zero-order valence-electron chi connectivity index (χ0n) is 21.6. The molecule has 5 aromatic carbocycles. The van der Waals surface area contributed by atoms with Crippen molar-refractivity contribution in [2.45, 2.75) is 13.8 Å². The number of benzene rings is 5. The summed E-state index contributed by atoms with van der Waals surface area (Å²) in [6.45, 7) is 4.65. The maximum absolute atomic E-state index is 5.87. The number of ether oxygens (including phenoxy) is 4. The van der Waals surface area contributed by atoms with Gasteiger partial charge in [0.1, 0.15) is 11.5 Å². The van der Waals surface area contributed by atoms with Gasteiger partial charge in [0.25, 0.3) is 0 Å². The maximum Gasteiger partial charge on any atom is 0.188 e. The molecule has 4 nitrogen and oxygen atoms in total. The third kappa shape index (κ3) is 6.50. The van der Waals surface area contributed by atoms with Crippen LogP contribution in [0.5, 0.6) is 11.5 Å². The van der Waals surface area contributed by atoms with Crippen molar-refractivity contribution >= 4 is 37.5 Å². The molecule has 0 aliphatic carbocycles. The van der Waals surface area contributed by atoms with E-state index < -0.39 is 0 Å². The lowest BCUT2D eigenvalue weighted by atomic mass is 9.91. The lowest BCUT2D eigenvalue weighted by molar-refractivity contribution is 0.0505. The highest BCUT2D eigenvalue weighted by molar-refractivity contribution is 9.10. The fourth-order valence-electron chi connectivity index (χ4n) is 4.24. The first-order valence-corrected chi connectivity index (χ1v) is 12.8. The van der Waals surface area contributed by atoms with Gasteiger partial charge in [-0.3, -0.25) is 0 Å². The Balaban J connectivity index is 0.000000225. The third-order valence-electron chi connectivity index (χ3n) is 5.93. The molecule has 0 bridgehead atoms. The molecule has 0 spiro atoms. The van der Waals surface area contributed by atoms with Crippen LogP contribution in [0.2, 0.25) is 0 Å². The van der Waals surface area contributed by atoms with Crippen molar-refractivity contribution in [3.8, 4) is 22.6 Å². The van der Waals surface area contributed by atoms with Crippen LogP contribution in [0.3, 0.4) is 0 Å². The summed E-state index contributed by atoms with van der Waals surface area (Å²) in [6.07, 6.45) is 0. The molecule has 0 aliphatic heterocycles. The molecule has 0 amide bonds. The second kappa shape index (κ2) is 12.7. The van der Waals surface area contributed by atoms with E-state index in [-0.39, 0.29) is 13.6 Å². The SMILES string of the molecule is COCOc1ccc(C)cc1-c1c2ccccc2cc2ccccc12.COCOc1ccc(C)cc1Br. The van der Waals surface area contributed by atoms with Crippen LogP contribution in [0, 0.1) is 13.8 Å². The van der Waals surface area contributed by atoms with Crippen molar-refractivity contribution in [3.05, 3.63) is 107 Å². The highest BCUT2D eigenvalue weighted by Crippen LogP contribution is 2.41. The Morgan fingerprint density at radius 2 is 1.11 bits per heavy atom. The van der Waals surface area contributed by atoms with E-state index in [2.05, 4.69) is 89.6 Å². The van der Waals surface area contributed by atoms with Crippen LogP contribution in [0.1, 0.15) is 11.1 Å². The van der Waals surface area contributed by atoms with E-state index in [4.69, 9.17) is 18.9 Å². The van der Waals surface area contributed by atoms with Crippen LogP contribution < -0.4 is 9.47 Å². The van der Waals surface area contributed by atoms with Gasteiger partial charge in [-0.25, -0.2) is 0 Å². The monoisotopic (exact) mass is 558 g/mol. The topological polar surface area (TPSA) is 36.9 Å². The van der Waals surface area contributed by atoms with Gasteiger partial charge >= 0.3 is 0 Å². The van der Waals surface area contributed by atoms with Crippen molar-refractivity contribution < 1.29 is 18.9 Å². The van der Waals surface area contributed by atoms with Crippen LogP contribution in [0.4, 0.5) is 0 Å². The summed E-state index contributed by atoms with van der Waals surface area (Å²) >= 11 is 3.40. The van der Waals surface area contributed by atoms with Gasteiger partial charge < -0.3 is 18.9 Å². The molecule has 0 atom stereocenters. The highest BCUT2D eigenvalue weighted by Gasteiger charge is 2.14. The molecule has 0 aromatic heterocycles. The molecule has 37 heavy (non-hydrogen) atoms. The number of hydrogen-bond donors (Lipinski definition) is 0. The van der Waals surface area contributed by atoms with E-state index >= 15 is 0 Å². The summed E-state index contributed by atoms with van der Waals surface area (Å²) in [4.78, 5) is 0. The minimum Gasteiger partial charge on any atom is -0.467 e. The number of fused-ring (bicyclic) bond motifs is 2. The van der Waals surface area contributed by atoms with E-state index in [9.17, 15) is 0 Å².